The third kappa shape index (κ3) is 5.60. The average Bonchev–Trinajstić information content (AvgIpc) is 2.25. The van der Waals surface area contributed by atoms with E-state index in [-0.39, 0.29) is 11.9 Å². The van der Waals surface area contributed by atoms with Gasteiger partial charge in [0.2, 0.25) is 5.91 Å². The molecule has 4 N–H and O–H groups in total. The number of nitrogens with zero attached hydrogens (tertiary/aromatic N) is 1. The minimum Gasteiger partial charge on any atom is -0.393 e. The molecular formula is C10H20N4O2S. The Morgan fingerprint density at radius 2 is 1.94 bits per heavy atom. The second kappa shape index (κ2) is 7.18. The van der Waals surface area contributed by atoms with Gasteiger partial charge in [-0.3, -0.25) is 15.0 Å². The van der Waals surface area contributed by atoms with E-state index < -0.39 is 12.1 Å². The number of nitrogens with one attached hydrogen (secondary N) is 2. The zero-order chi connectivity index (χ0) is 13.6. The molecule has 0 aliphatic rings. The van der Waals surface area contributed by atoms with Crippen molar-refractivity contribution in [2.75, 3.05) is 14.1 Å². The van der Waals surface area contributed by atoms with Gasteiger partial charge in [-0.25, -0.2) is 4.79 Å². The molecule has 0 bridgehead atoms. The number of rotatable bonds is 5. The van der Waals surface area contributed by atoms with E-state index in [1.165, 1.54) is 7.05 Å². The lowest BCUT2D eigenvalue weighted by molar-refractivity contribution is -0.124. The molecule has 6 nitrogen and oxygen atoms in total. The van der Waals surface area contributed by atoms with Gasteiger partial charge in [-0.05, 0) is 20.9 Å². The molecule has 17 heavy (non-hydrogen) atoms. The SMILES string of the molecule is CNC(=O)NC(=O)C(C)N(C)C(C)CC(N)=S. The van der Waals surface area contributed by atoms with Crippen molar-refractivity contribution in [1.82, 2.24) is 15.5 Å². The maximum absolute atomic E-state index is 11.7. The molecule has 0 radical (unpaired) electrons. The summed E-state index contributed by atoms with van der Waals surface area (Å²) >= 11 is 4.82. The molecule has 7 heteroatoms. The summed E-state index contributed by atoms with van der Waals surface area (Å²) in [5, 5.41) is 4.54. The highest BCUT2D eigenvalue weighted by Crippen LogP contribution is 2.06. The first kappa shape index (κ1) is 15.8. The summed E-state index contributed by atoms with van der Waals surface area (Å²) in [6, 6.07) is -0.910. The number of likely N-dealkylation sites (N-methyl/N-ethyl adjacent to an activating group) is 1. The summed E-state index contributed by atoms with van der Waals surface area (Å²) in [5.41, 5.74) is 5.45. The third-order valence-electron chi connectivity index (χ3n) is 2.65. The highest BCUT2D eigenvalue weighted by Gasteiger charge is 2.23. The molecule has 2 atom stereocenters. The van der Waals surface area contributed by atoms with Crippen molar-refractivity contribution < 1.29 is 9.59 Å². The van der Waals surface area contributed by atoms with Gasteiger partial charge < -0.3 is 11.1 Å². The molecule has 0 spiro atoms. The van der Waals surface area contributed by atoms with Crippen LogP contribution in [0.25, 0.3) is 0 Å². The zero-order valence-electron chi connectivity index (χ0n) is 10.6. The van der Waals surface area contributed by atoms with Crippen molar-refractivity contribution in [3.8, 4) is 0 Å². The lowest BCUT2D eigenvalue weighted by Gasteiger charge is -2.29. The highest BCUT2D eigenvalue weighted by molar-refractivity contribution is 7.80. The number of hydrogen-bond acceptors (Lipinski definition) is 4. The van der Waals surface area contributed by atoms with Gasteiger partial charge in [-0.2, -0.15) is 0 Å². The molecule has 0 aromatic rings. The van der Waals surface area contributed by atoms with E-state index in [1.54, 1.807) is 14.0 Å². The van der Waals surface area contributed by atoms with Crippen LogP contribution in [-0.4, -0.2) is 48.0 Å². The van der Waals surface area contributed by atoms with Gasteiger partial charge in [-0.15, -0.1) is 0 Å². The number of urea groups is 1. The van der Waals surface area contributed by atoms with Crippen LogP contribution in [0.3, 0.4) is 0 Å². The minimum atomic E-state index is -0.516. The Kier molecular flexibility index (Phi) is 6.67. The molecule has 0 saturated heterocycles. The first-order valence-electron chi connectivity index (χ1n) is 5.32. The molecule has 0 aromatic heterocycles. The fourth-order valence-corrected chi connectivity index (χ4v) is 1.52. The summed E-state index contributed by atoms with van der Waals surface area (Å²) in [6.07, 6.45) is 0.531. The zero-order valence-corrected chi connectivity index (χ0v) is 11.4. The Hall–Kier alpha value is -1.21. The predicted molar refractivity (Wildman–Crippen MR) is 70.7 cm³/mol. The Morgan fingerprint density at radius 3 is 2.35 bits per heavy atom. The quantitative estimate of drug-likeness (QED) is 0.597. The molecule has 0 fully saturated rings. The van der Waals surface area contributed by atoms with Crippen LogP contribution in [-0.2, 0) is 4.79 Å². The molecule has 0 aliphatic heterocycles. The lowest BCUT2D eigenvalue weighted by Crippen LogP contribution is -2.50. The summed E-state index contributed by atoms with van der Waals surface area (Å²) < 4.78 is 0. The van der Waals surface area contributed by atoms with E-state index in [4.69, 9.17) is 18.0 Å². The molecule has 3 amide bonds. The topological polar surface area (TPSA) is 87.5 Å². The van der Waals surface area contributed by atoms with Crippen LogP contribution in [0.15, 0.2) is 0 Å². The van der Waals surface area contributed by atoms with E-state index in [2.05, 4.69) is 10.6 Å². The monoisotopic (exact) mass is 260 g/mol. The van der Waals surface area contributed by atoms with Crippen LogP contribution in [0, 0.1) is 0 Å². The normalized spacial score (nSPS) is 13.9. The van der Waals surface area contributed by atoms with Gasteiger partial charge in [0.15, 0.2) is 0 Å². The molecular weight excluding hydrogens is 240 g/mol. The van der Waals surface area contributed by atoms with Crippen molar-refractivity contribution in [2.45, 2.75) is 32.4 Å². The van der Waals surface area contributed by atoms with Gasteiger partial charge in [0, 0.05) is 19.5 Å². The molecule has 98 valence electrons. The van der Waals surface area contributed by atoms with Crippen LogP contribution in [0.1, 0.15) is 20.3 Å². The van der Waals surface area contributed by atoms with E-state index in [9.17, 15) is 9.59 Å². The second-order valence-corrected chi connectivity index (χ2v) is 4.45. The van der Waals surface area contributed by atoms with Gasteiger partial charge >= 0.3 is 6.03 Å². The number of carbonyl (C=O) groups is 2. The number of hydrogen-bond donors (Lipinski definition) is 3. The number of nitrogens with two attached hydrogens (primary N) is 1. The predicted octanol–water partition coefficient (Wildman–Crippen LogP) is -0.173. The maximum Gasteiger partial charge on any atom is 0.321 e. The third-order valence-corrected chi connectivity index (χ3v) is 2.81. The van der Waals surface area contributed by atoms with Gasteiger partial charge in [0.05, 0.1) is 11.0 Å². The number of amides is 3. The number of thiocarbonyl (C=S) groups is 1. The summed E-state index contributed by atoms with van der Waals surface area (Å²) in [4.78, 5) is 24.9. The fraction of sp³-hybridized carbons (Fsp3) is 0.700. The first-order chi connectivity index (χ1) is 7.79. The van der Waals surface area contributed by atoms with Gasteiger partial charge in [-0.1, -0.05) is 12.2 Å². The smallest absolute Gasteiger partial charge is 0.321 e. The van der Waals surface area contributed by atoms with E-state index >= 15 is 0 Å². The van der Waals surface area contributed by atoms with Gasteiger partial charge in [0.25, 0.3) is 0 Å². The molecule has 2 unspecified atom stereocenters. The Bertz CT molecular complexity index is 309. The molecule has 0 rings (SSSR count). The van der Waals surface area contributed by atoms with Crippen LogP contribution < -0.4 is 16.4 Å². The number of carbonyl (C=O) groups excluding carboxylic acids is 2. The van der Waals surface area contributed by atoms with Crippen molar-refractivity contribution in [3.63, 3.8) is 0 Å². The molecule has 0 aromatic carbocycles. The summed E-state index contributed by atoms with van der Waals surface area (Å²) in [7, 11) is 3.24. The van der Waals surface area contributed by atoms with Crippen LogP contribution in [0.5, 0.6) is 0 Å². The van der Waals surface area contributed by atoms with Crippen molar-refractivity contribution in [2.24, 2.45) is 5.73 Å². The lowest BCUT2D eigenvalue weighted by atomic mass is 10.1. The fourth-order valence-electron chi connectivity index (χ4n) is 1.28. The Labute approximate surface area is 107 Å². The van der Waals surface area contributed by atoms with Crippen LogP contribution in [0.4, 0.5) is 4.79 Å². The Morgan fingerprint density at radius 1 is 1.41 bits per heavy atom. The molecule has 0 heterocycles. The van der Waals surface area contributed by atoms with E-state index in [0.717, 1.165) is 0 Å². The van der Waals surface area contributed by atoms with E-state index in [1.807, 2.05) is 11.8 Å². The van der Waals surface area contributed by atoms with Crippen LogP contribution in [0.2, 0.25) is 0 Å². The average molecular weight is 260 g/mol. The Balaban J connectivity index is 4.37. The van der Waals surface area contributed by atoms with Crippen LogP contribution >= 0.6 is 12.2 Å². The van der Waals surface area contributed by atoms with Crippen molar-refractivity contribution in [3.05, 3.63) is 0 Å². The van der Waals surface area contributed by atoms with Crippen molar-refractivity contribution in [1.29, 1.82) is 0 Å². The second-order valence-electron chi connectivity index (χ2n) is 3.93. The minimum absolute atomic E-state index is 0.0398. The van der Waals surface area contributed by atoms with Crippen molar-refractivity contribution >= 4 is 29.1 Å². The molecule has 0 saturated carbocycles. The van der Waals surface area contributed by atoms with E-state index in [0.29, 0.717) is 11.4 Å². The molecule has 0 aliphatic carbocycles. The van der Waals surface area contributed by atoms with Gasteiger partial charge in [0.1, 0.15) is 0 Å². The standard InChI is InChI=1S/C10H20N4O2S/c1-6(5-8(11)17)14(4)7(2)9(15)13-10(16)12-3/h6-7H,5H2,1-4H3,(H2,11,17)(H2,12,13,15,16). The summed E-state index contributed by atoms with van der Waals surface area (Å²) in [6.45, 7) is 3.64. The maximum atomic E-state index is 11.7. The largest absolute Gasteiger partial charge is 0.393 e. The summed E-state index contributed by atoms with van der Waals surface area (Å²) in [5.74, 6) is -0.360. The highest BCUT2D eigenvalue weighted by atomic mass is 32.1. The first-order valence-corrected chi connectivity index (χ1v) is 5.73. The number of imide groups is 1.